The Morgan fingerprint density at radius 3 is 2.21 bits per heavy atom. The quantitative estimate of drug-likeness (QED) is 0.769. The molecule has 1 saturated carbocycles. The number of rotatable bonds is 2. The van der Waals surface area contributed by atoms with E-state index in [-0.39, 0.29) is 24.5 Å². The third kappa shape index (κ3) is 2.51. The van der Waals surface area contributed by atoms with E-state index in [1.165, 1.54) is 20.0 Å². The van der Waals surface area contributed by atoms with Crippen LogP contribution >= 0.6 is 0 Å². The van der Waals surface area contributed by atoms with Crippen molar-refractivity contribution in [2.75, 3.05) is 7.11 Å². The first-order chi connectivity index (χ1) is 9.28. The van der Waals surface area contributed by atoms with Gasteiger partial charge in [0, 0.05) is 5.56 Å². The Morgan fingerprint density at radius 2 is 1.68 bits per heavy atom. The van der Waals surface area contributed by atoms with Gasteiger partial charge in [-0.1, -0.05) is 25.0 Å². The number of hydrogen-bond donors (Lipinski definition) is 0. The van der Waals surface area contributed by atoms with Crippen LogP contribution in [0.5, 0.6) is 0 Å². The fourth-order valence-electron chi connectivity index (χ4n) is 2.78. The Hall–Kier alpha value is -1.39. The Labute approximate surface area is 112 Å². The van der Waals surface area contributed by atoms with Gasteiger partial charge in [-0.25, -0.2) is 4.79 Å². The minimum atomic E-state index is -0.325. The summed E-state index contributed by atoms with van der Waals surface area (Å²) in [5, 5.41) is 0. The lowest BCUT2D eigenvalue weighted by molar-refractivity contribution is -0.0680. The van der Waals surface area contributed by atoms with E-state index in [0.717, 1.165) is 18.4 Å². The largest absolute Gasteiger partial charge is 0.465 e. The fourth-order valence-corrected chi connectivity index (χ4v) is 2.78. The molecule has 0 radical (unpaired) electrons. The molecule has 4 heteroatoms. The van der Waals surface area contributed by atoms with E-state index < -0.39 is 0 Å². The van der Waals surface area contributed by atoms with E-state index in [9.17, 15) is 4.79 Å². The molecular formula is C15H18O4. The number of benzene rings is 1. The van der Waals surface area contributed by atoms with Crippen molar-refractivity contribution in [2.24, 2.45) is 0 Å². The van der Waals surface area contributed by atoms with Crippen LogP contribution in [0.4, 0.5) is 0 Å². The van der Waals surface area contributed by atoms with Gasteiger partial charge in [0.05, 0.1) is 24.9 Å². The molecule has 1 aliphatic heterocycles. The summed E-state index contributed by atoms with van der Waals surface area (Å²) in [5.41, 5.74) is 1.50. The average molecular weight is 262 g/mol. The molecule has 1 saturated heterocycles. The zero-order valence-electron chi connectivity index (χ0n) is 11.0. The van der Waals surface area contributed by atoms with Crippen molar-refractivity contribution >= 4 is 5.97 Å². The van der Waals surface area contributed by atoms with Gasteiger partial charge in [-0.3, -0.25) is 0 Å². The van der Waals surface area contributed by atoms with Crippen LogP contribution in [0.25, 0.3) is 0 Å². The van der Waals surface area contributed by atoms with Crippen LogP contribution in [0.2, 0.25) is 0 Å². The molecule has 0 bridgehead atoms. The van der Waals surface area contributed by atoms with Gasteiger partial charge < -0.3 is 14.2 Å². The smallest absolute Gasteiger partial charge is 0.337 e. The van der Waals surface area contributed by atoms with Gasteiger partial charge in [-0.2, -0.15) is 0 Å². The molecule has 102 valence electrons. The highest BCUT2D eigenvalue weighted by Crippen LogP contribution is 2.38. The van der Waals surface area contributed by atoms with Gasteiger partial charge in [0.25, 0.3) is 0 Å². The summed E-state index contributed by atoms with van der Waals surface area (Å²) < 4.78 is 16.6. The van der Waals surface area contributed by atoms with Gasteiger partial charge in [0.15, 0.2) is 6.29 Å². The minimum absolute atomic E-state index is 0.235. The third-order valence-electron chi connectivity index (χ3n) is 3.84. The normalized spacial score (nSPS) is 27.0. The summed E-state index contributed by atoms with van der Waals surface area (Å²) in [6.45, 7) is 0. The van der Waals surface area contributed by atoms with Crippen LogP contribution in [0.1, 0.15) is 47.9 Å². The van der Waals surface area contributed by atoms with Crippen molar-refractivity contribution in [3.8, 4) is 0 Å². The summed E-state index contributed by atoms with van der Waals surface area (Å²) in [5.74, 6) is -0.325. The molecule has 0 amide bonds. The summed E-state index contributed by atoms with van der Waals surface area (Å²) in [4.78, 5) is 11.4. The van der Waals surface area contributed by atoms with Crippen LogP contribution in [0.3, 0.4) is 0 Å². The molecule has 4 nitrogen and oxygen atoms in total. The van der Waals surface area contributed by atoms with Crippen molar-refractivity contribution < 1.29 is 19.0 Å². The zero-order valence-corrected chi connectivity index (χ0v) is 11.0. The molecule has 1 aliphatic carbocycles. The van der Waals surface area contributed by atoms with E-state index >= 15 is 0 Å². The highest BCUT2D eigenvalue weighted by molar-refractivity contribution is 5.89. The van der Waals surface area contributed by atoms with Gasteiger partial charge in [0.1, 0.15) is 0 Å². The van der Waals surface area contributed by atoms with Crippen molar-refractivity contribution in [2.45, 2.75) is 44.2 Å². The maximum absolute atomic E-state index is 11.4. The number of methoxy groups -OCH3 is 1. The second kappa shape index (κ2) is 5.31. The number of hydrogen-bond acceptors (Lipinski definition) is 4. The molecule has 1 aromatic rings. The molecule has 2 aliphatic rings. The first-order valence-electron chi connectivity index (χ1n) is 6.77. The zero-order chi connectivity index (χ0) is 13.2. The molecule has 19 heavy (non-hydrogen) atoms. The van der Waals surface area contributed by atoms with Crippen molar-refractivity contribution in [1.29, 1.82) is 0 Å². The molecule has 0 aromatic heterocycles. The lowest BCUT2D eigenvalue weighted by atomic mass is 9.95. The Balaban J connectivity index is 1.71. The molecule has 0 spiro atoms. The summed E-state index contributed by atoms with van der Waals surface area (Å²) in [6.07, 6.45) is 4.79. The van der Waals surface area contributed by atoms with Crippen LogP contribution in [-0.4, -0.2) is 25.3 Å². The molecule has 2 fully saturated rings. The maximum Gasteiger partial charge on any atom is 0.337 e. The van der Waals surface area contributed by atoms with Crippen LogP contribution in [0.15, 0.2) is 24.3 Å². The van der Waals surface area contributed by atoms with Gasteiger partial charge in [-0.15, -0.1) is 0 Å². The molecule has 0 unspecified atom stereocenters. The summed E-state index contributed by atoms with van der Waals surface area (Å²) in [7, 11) is 1.38. The van der Waals surface area contributed by atoms with E-state index in [1.807, 2.05) is 12.1 Å². The number of esters is 1. The predicted octanol–water partition coefficient (Wildman–Crippen LogP) is 2.83. The Kier molecular flexibility index (Phi) is 3.53. The number of carbonyl (C=O) groups excluding carboxylic acids is 1. The van der Waals surface area contributed by atoms with Crippen molar-refractivity contribution in [1.82, 2.24) is 0 Å². The average Bonchev–Trinajstić information content (AvgIpc) is 2.90. The molecule has 2 atom stereocenters. The lowest BCUT2D eigenvalue weighted by Crippen LogP contribution is -2.25. The number of carbonyl (C=O) groups is 1. The maximum atomic E-state index is 11.4. The highest BCUT2D eigenvalue weighted by atomic mass is 16.7. The number of fused-ring (bicyclic) bond motifs is 1. The van der Waals surface area contributed by atoms with Crippen molar-refractivity contribution in [3.05, 3.63) is 35.4 Å². The van der Waals surface area contributed by atoms with Crippen LogP contribution in [-0.2, 0) is 14.2 Å². The fraction of sp³-hybridized carbons (Fsp3) is 0.533. The highest BCUT2D eigenvalue weighted by Gasteiger charge is 2.38. The first-order valence-corrected chi connectivity index (χ1v) is 6.77. The second-order valence-electron chi connectivity index (χ2n) is 5.08. The third-order valence-corrected chi connectivity index (χ3v) is 3.84. The second-order valence-corrected chi connectivity index (χ2v) is 5.08. The first kappa shape index (κ1) is 12.6. The molecule has 0 N–H and O–H groups in total. The van der Waals surface area contributed by atoms with Gasteiger partial charge >= 0.3 is 5.97 Å². The Bertz CT molecular complexity index is 440. The lowest BCUT2D eigenvalue weighted by Gasteiger charge is -2.21. The minimum Gasteiger partial charge on any atom is -0.465 e. The molecule has 1 heterocycles. The SMILES string of the molecule is COC(=O)c1ccc(C2O[C@H]3CCCC[C@@H]3O2)cc1. The molecular weight excluding hydrogens is 244 g/mol. The van der Waals surface area contributed by atoms with Crippen molar-refractivity contribution in [3.63, 3.8) is 0 Å². The van der Waals surface area contributed by atoms with E-state index in [2.05, 4.69) is 4.74 Å². The molecule has 3 rings (SSSR count). The van der Waals surface area contributed by atoms with Gasteiger partial charge in [-0.05, 0) is 25.0 Å². The van der Waals surface area contributed by atoms with E-state index in [4.69, 9.17) is 9.47 Å². The Morgan fingerprint density at radius 1 is 1.11 bits per heavy atom. The predicted molar refractivity (Wildman–Crippen MR) is 68.7 cm³/mol. The van der Waals surface area contributed by atoms with E-state index in [1.54, 1.807) is 12.1 Å². The topological polar surface area (TPSA) is 44.8 Å². The summed E-state index contributed by atoms with van der Waals surface area (Å²) >= 11 is 0. The molecule has 1 aromatic carbocycles. The van der Waals surface area contributed by atoms with Gasteiger partial charge in [0.2, 0.25) is 0 Å². The van der Waals surface area contributed by atoms with Crippen LogP contribution in [0, 0.1) is 0 Å². The van der Waals surface area contributed by atoms with Crippen LogP contribution < -0.4 is 0 Å². The van der Waals surface area contributed by atoms with E-state index in [0.29, 0.717) is 5.56 Å². The summed E-state index contributed by atoms with van der Waals surface area (Å²) in [6, 6.07) is 7.23. The standard InChI is InChI=1S/C15H18O4/c1-17-14(16)10-6-8-11(9-7-10)15-18-12-4-2-3-5-13(12)19-15/h6-9,12-13,15H,2-5H2,1H3/t12-,13-/m0/s1. The number of ether oxygens (including phenoxy) is 3. The monoisotopic (exact) mass is 262 g/mol.